The van der Waals surface area contributed by atoms with Gasteiger partial charge in [-0.15, -0.1) is 11.3 Å². The third kappa shape index (κ3) is 3.82. The number of aryl methyl sites for hydroxylation is 1. The lowest BCUT2D eigenvalue weighted by atomic mass is 10.3. The van der Waals surface area contributed by atoms with Crippen LogP contribution in [-0.2, 0) is 0 Å². The molecule has 0 radical (unpaired) electrons. The molecule has 1 aromatic carbocycles. The van der Waals surface area contributed by atoms with E-state index < -0.39 is 0 Å². The summed E-state index contributed by atoms with van der Waals surface area (Å²) in [6.45, 7) is 5.08. The van der Waals surface area contributed by atoms with E-state index in [9.17, 15) is 0 Å². The van der Waals surface area contributed by atoms with E-state index >= 15 is 0 Å². The second kappa shape index (κ2) is 7.42. The zero-order valence-corrected chi connectivity index (χ0v) is 12.8. The van der Waals surface area contributed by atoms with E-state index in [4.69, 9.17) is 9.47 Å². The summed E-state index contributed by atoms with van der Waals surface area (Å²) in [5, 5.41) is 1.05. The van der Waals surface area contributed by atoms with Crippen LogP contribution in [0.4, 0.5) is 0 Å². The van der Waals surface area contributed by atoms with E-state index in [-0.39, 0.29) is 0 Å². The van der Waals surface area contributed by atoms with Crippen molar-refractivity contribution in [3.05, 3.63) is 17.1 Å². The predicted molar refractivity (Wildman–Crippen MR) is 80.1 cm³/mol. The van der Waals surface area contributed by atoms with Gasteiger partial charge in [0.25, 0.3) is 0 Å². The molecule has 0 unspecified atom stereocenters. The SMILES string of the molecule is Cc1nc2cc(OCCC[NH3+])c(OCCC[NH3+])cc2s1. The van der Waals surface area contributed by atoms with Crippen molar-refractivity contribution in [2.75, 3.05) is 26.3 Å². The lowest BCUT2D eigenvalue weighted by Crippen LogP contribution is -2.50. The summed E-state index contributed by atoms with van der Waals surface area (Å²) >= 11 is 1.67. The number of rotatable bonds is 8. The van der Waals surface area contributed by atoms with Crippen molar-refractivity contribution in [2.45, 2.75) is 19.8 Å². The molecule has 6 N–H and O–H groups in total. The standard InChI is InChI=1S/C14H21N3O2S/c1-10-17-11-8-12(18-6-2-4-15)13(9-14(11)20-10)19-7-3-5-16/h8-9H,2-7,15-16H2,1H3/p+2. The summed E-state index contributed by atoms with van der Waals surface area (Å²) in [5.74, 6) is 1.58. The third-order valence-corrected chi connectivity index (χ3v) is 3.80. The fourth-order valence-electron chi connectivity index (χ4n) is 1.85. The molecular weight excluding hydrogens is 274 g/mol. The topological polar surface area (TPSA) is 86.6 Å². The van der Waals surface area contributed by atoms with Crippen LogP contribution >= 0.6 is 11.3 Å². The minimum Gasteiger partial charge on any atom is -0.489 e. The van der Waals surface area contributed by atoms with E-state index in [0.717, 1.165) is 52.7 Å². The maximum Gasteiger partial charge on any atom is 0.163 e. The summed E-state index contributed by atoms with van der Waals surface area (Å²) < 4.78 is 12.8. The van der Waals surface area contributed by atoms with Crippen molar-refractivity contribution in [2.24, 2.45) is 0 Å². The molecule has 5 nitrogen and oxygen atoms in total. The van der Waals surface area contributed by atoms with Gasteiger partial charge in [-0.2, -0.15) is 0 Å². The van der Waals surface area contributed by atoms with Gasteiger partial charge in [-0.1, -0.05) is 0 Å². The van der Waals surface area contributed by atoms with E-state index in [1.165, 1.54) is 0 Å². The van der Waals surface area contributed by atoms with Gasteiger partial charge < -0.3 is 20.9 Å². The van der Waals surface area contributed by atoms with Crippen molar-refractivity contribution in [3.63, 3.8) is 0 Å². The van der Waals surface area contributed by atoms with Crippen molar-refractivity contribution >= 4 is 21.6 Å². The smallest absolute Gasteiger partial charge is 0.163 e. The zero-order valence-electron chi connectivity index (χ0n) is 12.0. The minimum absolute atomic E-state index is 0.657. The zero-order chi connectivity index (χ0) is 14.4. The molecule has 110 valence electrons. The first-order chi connectivity index (χ1) is 9.74. The van der Waals surface area contributed by atoms with Gasteiger partial charge in [0.05, 0.1) is 41.5 Å². The Kier molecular flexibility index (Phi) is 5.58. The Labute approximate surface area is 122 Å². The van der Waals surface area contributed by atoms with Crippen LogP contribution in [-0.4, -0.2) is 31.3 Å². The van der Waals surface area contributed by atoms with Crippen LogP contribution in [0.15, 0.2) is 12.1 Å². The Balaban J connectivity index is 2.21. The number of thiazole rings is 1. The Morgan fingerprint density at radius 3 is 2.25 bits per heavy atom. The lowest BCUT2D eigenvalue weighted by Gasteiger charge is -2.12. The highest BCUT2D eigenvalue weighted by atomic mass is 32.1. The average molecular weight is 297 g/mol. The number of ether oxygens (including phenoxy) is 2. The molecule has 0 bridgehead atoms. The molecule has 0 spiro atoms. The van der Waals surface area contributed by atoms with Gasteiger partial charge in [0.1, 0.15) is 0 Å². The first-order valence-corrected chi connectivity index (χ1v) is 7.81. The molecule has 2 rings (SSSR count). The number of quaternary nitrogens is 2. The van der Waals surface area contributed by atoms with Gasteiger partial charge >= 0.3 is 0 Å². The number of benzene rings is 1. The van der Waals surface area contributed by atoms with E-state index in [2.05, 4.69) is 16.5 Å². The molecule has 0 saturated carbocycles. The Bertz CT molecular complexity index is 510. The summed E-state index contributed by atoms with van der Waals surface area (Å²) in [7, 11) is 0. The highest BCUT2D eigenvalue weighted by molar-refractivity contribution is 7.18. The van der Waals surface area contributed by atoms with Gasteiger partial charge in [-0.3, -0.25) is 0 Å². The normalized spacial score (nSPS) is 10.9. The summed E-state index contributed by atoms with van der Waals surface area (Å²) in [6, 6.07) is 4.00. The van der Waals surface area contributed by atoms with E-state index in [1.54, 1.807) is 11.3 Å². The number of fused-ring (bicyclic) bond motifs is 1. The Morgan fingerprint density at radius 2 is 1.65 bits per heavy atom. The number of aromatic nitrogens is 1. The van der Waals surface area contributed by atoms with Crippen LogP contribution in [0.1, 0.15) is 17.8 Å². The van der Waals surface area contributed by atoms with Crippen LogP contribution in [0, 0.1) is 6.92 Å². The third-order valence-electron chi connectivity index (χ3n) is 2.86. The van der Waals surface area contributed by atoms with Gasteiger partial charge in [-0.05, 0) is 6.92 Å². The van der Waals surface area contributed by atoms with Crippen LogP contribution in [0.25, 0.3) is 10.2 Å². The molecule has 0 aliphatic carbocycles. The highest BCUT2D eigenvalue weighted by Gasteiger charge is 2.11. The molecule has 0 saturated heterocycles. The van der Waals surface area contributed by atoms with Crippen molar-refractivity contribution in [1.82, 2.24) is 4.98 Å². The van der Waals surface area contributed by atoms with Crippen LogP contribution in [0.3, 0.4) is 0 Å². The molecule has 0 atom stereocenters. The first kappa shape index (κ1) is 15.0. The minimum atomic E-state index is 0.657. The average Bonchev–Trinajstić information content (AvgIpc) is 2.78. The van der Waals surface area contributed by atoms with E-state index in [0.29, 0.717) is 13.2 Å². The van der Waals surface area contributed by atoms with Crippen molar-refractivity contribution < 1.29 is 20.9 Å². The summed E-state index contributed by atoms with van der Waals surface area (Å²) in [4.78, 5) is 4.50. The molecule has 0 fully saturated rings. The predicted octanol–water partition coefficient (Wildman–Crippen LogP) is 0.626. The maximum absolute atomic E-state index is 5.82. The fraction of sp³-hybridized carbons (Fsp3) is 0.500. The molecule has 0 amide bonds. The number of hydrogen-bond donors (Lipinski definition) is 2. The van der Waals surface area contributed by atoms with Crippen molar-refractivity contribution in [3.8, 4) is 11.5 Å². The summed E-state index contributed by atoms with van der Waals surface area (Å²) in [6.07, 6.45) is 1.88. The molecule has 6 heteroatoms. The summed E-state index contributed by atoms with van der Waals surface area (Å²) in [5.41, 5.74) is 8.63. The quantitative estimate of drug-likeness (QED) is 0.701. The van der Waals surface area contributed by atoms with Gasteiger partial charge in [0.2, 0.25) is 0 Å². The molecule has 2 aromatic rings. The first-order valence-electron chi connectivity index (χ1n) is 7.00. The molecule has 0 aliphatic heterocycles. The van der Waals surface area contributed by atoms with Crippen LogP contribution in [0.5, 0.6) is 11.5 Å². The molecule has 0 aliphatic rings. The Hall–Kier alpha value is -1.37. The van der Waals surface area contributed by atoms with Gasteiger partial charge in [0.15, 0.2) is 11.5 Å². The molecule has 1 aromatic heterocycles. The monoisotopic (exact) mass is 297 g/mol. The van der Waals surface area contributed by atoms with E-state index in [1.807, 2.05) is 19.1 Å². The second-order valence-corrected chi connectivity index (χ2v) is 5.85. The van der Waals surface area contributed by atoms with Gasteiger partial charge in [-0.25, -0.2) is 4.98 Å². The highest BCUT2D eigenvalue weighted by Crippen LogP contribution is 2.35. The second-order valence-electron chi connectivity index (χ2n) is 4.61. The number of nitrogens with zero attached hydrogens (tertiary/aromatic N) is 1. The lowest BCUT2D eigenvalue weighted by molar-refractivity contribution is -0.369. The Morgan fingerprint density at radius 1 is 1.05 bits per heavy atom. The molecule has 1 heterocycles. The number of hydrogen-bond acceptors (Lipinski definition) is 4. The van der Waals surface area contributed by atoms with Crippen LogP contribution < -0.4 is 20.9 Å². The maximum atomic E-state index is 5.82. The molecule has 20 heavy (non-hydrogen) atoms. The largest absolute Gasteiger partial charge is 0.489 e. The van der Waals surface area contributed by atoms with Crippen molar-refractivity contribution in [1.29, 1.82) is 0 Å². The van der Waals surface area contributed by atoms with Crippen LogP contribution in [0.2, 0.25) is 0 Å². The molecular formula is C14H23N3O2S+2. The van der Waals surface area contributed by atoms with Gasteiger partial charge in [0, 0.05) is 25.0 Å². The fourth-order valence-corrected chi connectivity index (χ4v) is 2.68.